The third-order valence-electron chi connectivity index (χ3n) is 5.39. The minimum absolute atomic E-state index is 0.0338. The molecule has 0 aliphatic carbocycles. The molecule has 0 spiro atoms. The molecule has 1 atom stereocenters. The fraction of sp³-hybridized carbons (Fsp3) is 0.789. The van der Waals surface area contributed by atoms with Crippen LogP contribution in [0.3, 0.4) is 0 Å². The summed E-state index contributed by atoms with van der Waals surface area (Å²) < 4.78 is 25.3. The van der Waals surface area contributed by atoms with E-state index in [-0.39, 0.29) is 11.3 Å². The van der Waals surface area contributed by atoms with E-state index in [4.69, 9.17) is 4.98 Å². The third kappa shape index (κ3) is 5.11. The number of aromatic nitrogens is 1. The first kappa shape index (κ1) is 21.7. The van der Waals surface area contributed by atoms with E-state index in [2.05, 4.69) is 31.1 Å². The average Bonchev–Trinajstić information content (AvgIpc) is 3.20. The molecule has 1 unspecified atom stereocenters. The van der Waals surface area contributed by atoms with Crippen molar-refractivity contribution < 1.29 is 13.2 Å². The molecule has 9 heteroatoms. The van der Waals surface area contributed by atoms with E-state index in [1.54, 1.807) is 11.3 Å². The summed E-state index contributed by atoms with van der Waals surface area (Å²) in [6, 6.07) is -0.519. The predicted molar refractivity (Wildman–Crippen MR) is 112 cm³/mol. The van der Waals surface area contributed by atoms with Gasteiger partial charge in [0.1, 0.15) is 6.04 Å². The number of amides is 1. The van der Waals surface area contributed by atoms with Gasteiger partial charge in [-0.05, 0) is 19.3 Å². The molecule has 0 saturated carbocycles. The molecule has 1 aromatic rings. The van der Waals surface area contributed by atoms with Gasteiger partial charge in [0.25, 0.3) is 0 Å². The van der Waals surface area contributed by atoms with Gasteiger partial charge < -0.3 is 4.90 Å². The summed E-state index contributed by atoms with van der Waals surface area (Å²) in [4.78, 5) is 22.0. The number of carbonyl (C=O) groups is 1. The molecule has 2 fully saturated rings. The molecule has 0 radical (unpaired) electrons. The Kier molecular flexibility index (Phi) is 6.48. The van der Waals surface area contributed by atoms with Gasteiger partial charge in [-0.1, -0.05) is 20.8 Å². The van der Waals surface area contributed by atoms with Gasteiger partial charge in [0.2, 0.25) is 15.9 Å². The molecule has 2 aliphatic rings. The van der Waals surface area contributed by atoms with Crippen LogP contribution >= 0.6 is 11.3 Å². The van der Waals surface area contributed by atoms with E-state index in [9.17, 15) is 13.2 Å². The zero-order valence-corrected chi connectivity index (χ0v) is 19.0. The fourth-order valence-electron chi connectivity index (χ4n) is 3.90. The van der Waals surface area contributed by atoms with Crippen molar-refractivity contribution in [2.75, 3.05) is 39.0 Å². The number of nitrogens with zero attached hydrogens (tertiary/aromatic N) is 4. The van der Waals surface area contributed by atoms with Crippen molar-refractivity contribution in [2.45, 2.75) is 58.0 Å². The molecule has 3 heterocycles. The van der Waals surface area contributed by atoms with Crippen molar-refractivity contribution in [3.63, 3.8) is 0 Å². The largest absolute Gasteiger partial charge is 0.340 e. The Hall–Kier alpha value is -1.03. The highest BCUT2D eigenvalue weighted by atomic mass is 32.2. The first-order chi connectivity index (χ1) is 13.1. The highest BCUT2D eigenvalue weighted by Crippen LogP contribution is 2.26. The maximum atomic E-state index is 13.0. The Morgan fingerprint density at radius 2 is 1.93 bits per heavy atom. The lowest BCUT2D eigenvalue weighted by molar-refractivity contribution is -0.134. The summed E-state index contributed by atoms with van der Waals surface area (Å²) in [7, 11) is -3.34. The second kappa shape index (κ2) is 8.38. The summed E-state index contributed by atoms with van der Waals surface area (Å²) in [6.07, 6.45) is 3.47. The van der Waals surface area contributed by atoms with Crippen molar-refractivity contribution in [3.8, 4) is 0 Å². The van der Waals surface area contributed by atoms with Crippen LogP contribution in [0.2, 0.25) is 0 Å². The van der Waals surface area contributed by atoms with E-state index in [0.29, 0.717) is 26.1 Å². The van der Waals surface area contributed by atoms with Crippen LogP contribution < -0.4 is 0 Å². The topological polar surface area (TPSA) is 73.8 Å². The Bertz CT molecular complexity index is 800. The van der Waals surface area contributed by atoms with Crippen LogP contribution in [0.15, 0.2) is 5.38 Å². The minimum Gasteiger partial charge on any atom is -0.340 e. The minimum atomic E-state index is -3.34. The standard InChI is InChI=1S/C19H32N4O3S2/c1-19(2,3)18-20-15(14-27-18)13-21-8-6-9-22(12-11-21)17(24)16-7-5-10-23(16)28(4,25)26/h14,16H,5-13H2,1-4H3. The van der Waals surface area contributed by atoms with Crippen molar-refractivity contribution in [1.82, 2.24) is 19.1 Å². The van der Waals surface area contributed by atoms with Gasteiger partial charge in [-0.2, -0.15) is 4.31 Å². The Morgan fingerprint density at radius 1 is 1.18 bits per heavy atom. The first-order valence-corrected chi connectivity index (χ1v) is 12.7. The molecule has 0 N–H and O–H groups in total. The molecule has 28 heavy (non-hydrogen) atoms. The molecule has 7 nitrogen and oxygen atoms in total. The van der Waals surface area contributed by atoms with Crippen molar-refractivity contribution in [1.29, 1.82) is 0 Å². The Morgan fingerprint density at radius 3 is 2.57 bits per heavy atom. The lowest BCUT2D eigenvalue weighted by Gasteiger charge is -2.28. The van der Waals surface area contributed by atoms with E-state index >= 15 is 0 Å². The van der Waals surface area contributed by atoms with Gasteiger partial charge in [-0.3, -0.25) is 9.69 Å². The normalized spacial score (nSPS) is 23.1. The van der Waals surface area contributed by atoms with Crippen LogP contribution in [-0.2, 0) is 26.8 Å². The summed E-state index contributed by atoms with van der Waals surface area (Å²) >= 11 is 1.71. The van der Waals surface area contributed by atoms with Crippen molar-refractivity contribution in [3.05, 3.63) is 16.1 Å². The van der Waals surface area contributed by atoms with Gasteiger partial charge in [0.15, 0.2) is 0 Å². The monoisotopic (exact) mass is 428 g/mol. The number of rotatable bonds is 4. The number of hydrogen-bond donors (Lipinski definition) is 0. The summed E-state index contributed by atoms with van der Waals surface area (Å²) in [5.41, 5.74) is 1.16. The lowest BCUT2D eigenvalue weighted by atomic mass is 9.98. The Balaban J connectivity index is 1.59. The number of carbonyl (C=O) groups excluding carboxylic acids is 1. The lowest BCUT2D eigenvalue weighted by Crippen LogP contribution is -2.48. The predicted octanol–water partition coefficient (Wildman–Crippen LogP) is 1.90. The number of thiazole rings is 1. The van der Waals surface area contributed by atoms with Gasteiger partial charge in [-0.25, -0.2) is 13.4 Å². The molecule has 0 aromatic carbocycles. The van der Waals surface area contributed by atoms with Crippen LogP contribution in [0.25, 0.3) is 0 Å². The van der Waals surface area contributed by atoms with Gasteiger partial charge in [-0.15, -0.1) is 11.3 Å². The van der Waals surface area contributed by atoms with E-state index in [1.807, 2.05) is 4.90 Å². The van der Waals surface area contributed by atoms with E-state index < -0.39 is 16.1 Å². The zero-order chi connectivity index (χ0) is 20.5. The summed E-state index contributed by atoms with van der Waals surface area (Å²) in [5, 5.41) is 3.29. The second-order valence-corrected chi connectivity index (χ2v) is 11.7. The van der Waals surface area contributed by atoms with E-state index in [1.165, 1.54) is 10.6 Å². The van der Waals surface area contributed by atoms with Gasteiger partial charge in [0, 0.05) is 50.1 Å². The number of hydrogen-bond acceptors (Lipinski definition) is 6. The smallest absolute Gasteiger partial charge is 0.241 e. The zero-order valence-electron chi connectivity index (χ0n) is 17.3. The molecule has 2 saturated heterocycles. The molecule has 1 amide bonds. The maximum absolute atomic E-state index is 13.0. The van der Waals surface area contributed by atoms with Crippen LogP contribution in [0.5, 0.6) is 0 Å². The highest BCUT2D eigenvalue weighted by Gasteiger charge is 2.38. The fourth-order valence-corrected chi connectivity index (χ4v) is 5.91. The Labute approximate surface area is 172 Å². The quantitative estimate of drug-likeness (QED) is 0.732. The average molecular weight is 429 g/mol. The molecule has 1 aromatic heterocycles. The maximum Gasteiger partial charge on any atom is 0.241 e. The van der Waals surface area contributed by atoms with Crippen molar-refractivity contribution >= 4 is 27.3 Å². The van der Waals surface area contributed by atoms with Gasteiger partial charge in [0.05, 0.1) is 17.0 Å². The third-order valence-corrected chi connectivity index (χ3v) is 8.00. The molecule has 3 rings (SSSR count). The summed E-state index contributed by atoms with van der Waals surface area (Å²) in [6.45, 7) is 10.8. The molecular weight excluding hydrogens is 396 g/mol. The van der Waals surface area contributed by atoms with Crippen LogP contribution in [0.1, 0.15) is 50.7 Å². The van der Waals surface area contributed by atoms with Gasteiger partial charge >= 0.3 is 0 Å². The molecule has 158 valence electrons. The van der Waals surface area contributed by atoms with Crippen LogP contribution in [-0.4, -0.2) is 78.4 Å². The van der Waals surface area contributed by atoms with E-state index in [0.717, 1.165) is 43.2 Å². The first-order valence-electron chi connectivity index (χ1n) is 9.98. The molecule has 2 aliphatic heterocycles. The molecular formula is C19H32N4O3S2. The van der Waals surface area contributed by atoms with Crippen LogP contribution in [0, 0.1) is 0 Å². The SMILES string of the molecule is CC(C)(C)c1nc(CN2CCCN(C(=O)C3CCCN3S(C)(=O)=O)CC2)cs1. The number of sulfonamides is 1. The van der Waals surface area contributed by atoms with Crippen molar-refractivity contribution in [2.24, 2.45) is 0 Å². The molecule has 0 bridgehead atoms. The highest BCUT2D eigenvalue weighted by molar-refractivity contribution is 7.88. The second-order valence-electron chi connectivity index (χ2n) is 8.88. The van der Waals surface area contributed by atoms with Crippen LogP contribution in [0.4, 0.5) is 0 Å². The summed E-state index contributed by atoms with van der Waals surface area (Å²) in [5.74, 6) is -0.0338.